The van der Waals surface area contributed by atoms with Gasteiger partial charge in [-0.2, -0.15) is 0 Å². The summed E-state index contributed by atoms with van der Waals surface area (Å²) >= 11 is 18.8. The second-order valence-corrected chi connectivity index (χ2v) is 8.84. The molecule has 31 heavy (non-hydrogen) atoms. The number of benzene rings is 3. The van der Waals surface area contributed by atoms with Gasteiger partial charge >= 0.3 is 0 Å². The average molecular weight is 470 g/mol. The lowest BCUT2D eigenvalue weighted by atomic mass is 9.93. The molecular formula is C25H19Cl3N2O. The fraction of sp³-hybridized carbons (Fsp3) is 0.160. The molecule has 1 unspecified atom stereocenters. The van der Waals surface area contributed by atoms with Crippen LogP contribution >= 0.6 is 34.8 Å². The van der Waals surface area contributed by atoms with Crippen LogP contribution in [0.2, 0.25) is 10.0 Å². The Bertz CT molecular complexity index is 1300. The van der Waals surface area contributed by atoms with Crippen LogP contribution in [0.25, 0.3) is 22.2 Å². The van der Waals surface area contributed by atoms with E-state index < -0.39 is 0 Å². The van der Waals surface area contributed by atoms with Crippen molar-refractivity contribution in [1.29, 1.82) is 0 Å². The summed E-state index contributed by atoms with van der Waals surface area (Å²) in [5.41, 5.74) is 5.51. The van der Waals surface area contributed by atoms with Crippen LogP contribution in [-0.4, -0.2) is 28.2 Å². The number of halogens is 3. The molecule has 2 heterocycles. The van der Waals surface area contributed by atoms with Gasteiger partial charge in [-0.1, -0.05) is 59.6 Å². The van der Waals surface area contributed by atoms with Gasteiger partial charge in [0.05, 0.1) is 16.8 Å². The Labute approximate surface area is 195 Å². The number of hydrogen-bond donors (Lipinski definition) is 1. The van der Waals surface area contributed by atoms with Gasteiger partial charge in [0.2, 0.25) is 0 Å². The molecule has 1 aromatic heterocycles. The lowest BCUT2D eigenvalue weighted by Crippen LogP contribution is -2.30. The van der Waals surface area contributed by atoms with E-state index in [9.17, 15) is 4.79 Å². The number of fused-ring (bicyclic) bond motifs is 2. The molecule has 3 nitrogen and oxygen atoms in total. The Morgan fingerprint density at radius 2 is 1.71 bits per heavy atom. The van der Waals surface area contributed by atoms with Crippen molar-refractivity contribution in [3.05, 3.63) is 93.5 Å². The Kier molecular flexibility index (Phi) is 5.43. The summed E-state index contributed by atoms with van der Waals surface area (Å²) in [5.74, 6) is 0.528. The zero-order valence-corrected chi connectivity index (χ0v) is 18.8. The molecule has 1 atom stereocenters. The first-order valence-corrected chi connectivity index (χ1v) is 11.4. The SMILES string of the molecule is O=C1c2ccccc2C(c2c(-c3ccc(Cl)cc3Cl)[nH]c3ccccc23)N1CCCCl. The van der Waals surface area contributed by atoms with E-state index in [0.717, 1.165) is 45.3 Å². The second-order valence-electron chi connectivity index (χ2n) is 7.61. The number of nitrogens with zero attached hydrogens (tertiary/aromatic N) is 1. The van der Waals surface area contributed by atoms with Gasteiger partial charge in [0.1, 0.15) is 0 Å². The maximum absolute atomic E-state index is 13.3. The van der Waals surface area contributed by atoms with Crippen LogP contribution in [0.15, 0.2) is 66.7 Å². The third-order valence-electron chi connectivity index (χ3n) is 5.81. The van der Waals surface area contributed by atoms with Crippen LogP contribution in [0, 0.1) is 0 Å². The highest BCUT2D eigenvalue weighted by molar-refractivity contribution is 6.36. The van der Waals surface area contributed by atoms with E-state index in [-0.39, 0.29) is 11.9 Å². The Hall–Kier alpha value is -2.46. The van der Waals surface area contributed by atoms with Crippen LogP contribution in [0.4, 0.5) is 0 Å². The molecule has 0 spiro atoms. The van der Waals surface area contributed by atoms with E-state index in [0.29, 0.717) is 22.5 Å². The van der Waals surface area contributed by atoms with E-state index >= 15 is 0 Å². The molecule has 6 heteroatoms. The molecule has 3 aromatic carbocycles. The maximum Gasteiger partial charge on any atom is 0.255 e. The number of carbonyl (C=O) groups excluding carboxylic acids is 1. The molecule has 156 valence electrons. The summed E-state index contributed by atoms with van der Waals surface area (Å²) in [4.78, 5) is 18.8. The highest BCUT2D eigenvalue weighted by atomic mass is 35.5. The molecule has 0 aliphatic carbocycles. The second kappa shape index (κ2) is 8.23. The zero-order chi connectivity index (χ0) is 21.5. The van der Waals surface area contributed by atoms with Gasteiger partial charge in [-0.3, -0.25) is 4.79 Å². The van der Waals surface area contributed by atoms with Crippen molar-refractivity contribution in [2.45, 2.75) is 12.5 Å². The number of para-hydroxylation sites is 1. The van der Waals surface area contributed by atoms with Crippen LogP contribution in [0.1, 0.15) is 33.9 Å². The molecule has 0 radical (unpaired) electrons. The molecule has 1 amide bonds. The Morgan fingerprint density at radius 3 is 2.52 bits per heavy atom. The minimum Gasteiger partial charge on any atom is -0.354 e. The normalized spacial score (nSPS) is 15.6. The minimum absolute atomic E-state index is 0.0316. The van der Waals surface area contributed by atoms with Crippen LogP contribution in [0.5, 0.6) is 0 Å². The van der Waals surface area contributed by atoms with E-state index in [1.165, 1.54) is 0 Å². The molecule has 1 aliphatic rings. The fourth-order valence-electron chi connectivity index (χ4n) is 4.49. The van der Waals surface area contributed by atoms with Gasteiger partial charge in [0.15, 0.2) is 0 Å². The molecule has 0 fully saturated rings. The summed E-state index contributed by atoms with van der Waals surface area (Å²) in [6.07, 6.45) is 0.719. The molecular weight excluding hydrogens is 451 g/mol. The van der Waals surface area contributed by atoms with E-state index in [2.05, 4.69) is 11.1 Å². The predicted molar refractivity (Wildman–Crippen MR) is 128 cm³/mol. The van der Waals surface area contributed by atoms with E-state index in [1.54, 1.807) is 6.07 Å². The van der Waals surface area contributed by atoms with Gasteiger partial charge in [-0.25, -0.2) is 0 Å². The smallest absolute Gasteiger partial charge is 0.255 e. The largest absolute Gasteiger partial charge is 0.354 e. The van der Waals surface area contributed by atoms with Crippen LogP contribution in [0.3, 0.4) is 0 Å². The number of aromatic amines is 1. The quantitative estimate of drug-likeness (QED) is 0.305. The van der Waals surface area contributed by atoms with Crippen molar-refractivity contribution in [3.8, 4) is 11.3 Å². The first kappa shape index (κ1) is 20.4. The average Bonchev–Trinajstić information content (AvgIpc) is 3.27. The molecule has 0 bridgehead atoms. The standard InChI is InChI=1S/C25H19Cl3N2O/c26-12-5-13-30-24(16-6-1-2-7-17(16)25(30)31)22-19-8-3-4-9-21(19)29-23(22)18-11-10-15(27)14-20(18)28/h1-4,6-11,14,24,29H,5,12-13H2. The highest BCUT2D eigenvalue weighted by Gasteiger charge is 2.39. The van der Waals surface area contributed by atoms with Crippen LogP contribution < -0.4 is 0 Å². The molecule has 1 N–H and O–H groups in total. The van der Waals surface area contributed by atoms with Crippen molar-refractivity contribution in [2.24, 2.45) is 0 Å². The van der Waals surface area contributed by atoms with Crippen molar-refractivity contribution >= 4 is 51.6 Å². The molecule has 1 aliphatic heterocycles. The predicted octanol–water partition coefficient (Wildman–Crippen LogP) is 7.32. The lowest BCUT2D eigenvalue weighted by molar-refractivity contribution is 0.0751. The number of hydrogen-bond acceptors (Lipinski definition) is 1. The number of aromatic nitrogens is 1. The number of rotatable bonds is 5. The summed E-state index contributed by atoms with van der Waals surface area (Å²) in [6, 6.07) is 21.2. The van der Waals surface area contributed by atoms with Gasteiger partial charge < -0.3 is 9.88 Å². The van der Waals surface area contributed by atoms with Crippen molar-refractivity contribution in [1.82, 2.24) is 9.88 Å². The monoisotopic (exact) mass is 468 g/mol. The van der Waals surface area contributed by atoms with E-state index in [1.807, 2.05) is 59.5 Å². The van der Waals surface area contributed by atoms with Crippen molar-refractivity contribution < 1.29 is 4.79 Å². The molecule has 4 aromatic rings. The van der Waals surface area contributed by atoms with Gasteiger partial charge in [0.25, 0.3) is 5.91 Å². The van der Waals surface area contributed by atoms with Gasteiger partial charge in [-0.05, 0) is 42.3 Å². The van der Waals surface area contributed by atoms with Gasteiger partial charge in [0, 0.05) is 45.0 Å². The molecule has 0 saturated carbocycles. The lowest BCUT2D eigenvalue weighted by Gasteiger charge is -2.26. The first-order valence-electron chi connectivity index (χ1n) is 10.1. The minimum atomic E-state index is -0.232. The molecule has 5 rings (SSSR count). The summed E-state index contributed by atoms with van der Waals surface area (Å²) in [5, 5.41) is 2.20. The van der Waals surface area contributed by atoms with Crippen LogP contribution in [-0.2, 0) is 0 Å². The summed E-state index contributed by atoms with van der Waals surface area (Å²) in [6.45, 7) is 0.578. The number of H-pyrrole nitrogens is 1. The number of nitrogens with one attached hydrogen (secondary N) is 1. The number of carbonyl (C=O) groups is 1. The first-order chi connectivity index (χ1) is 15.1. The topological polar surface area (TPSA) is 36.1 Å². The summed E-state index contributed by atoms with van der Waals surface area (Å²) < 4.78 is 0. The summed E-state index contributed by atoms with van der Waals surface area (Å²) in [7, 11) is 0. The third-order valence-corrected chi connectivity index (χ3v) is 6.63. The maximum atomic E-state index is 13.3. The van der Waals surface area contributed by atoms with Crippen molar-refractivity contribution in [3.63, 3.8) is 0 Å². The number of alkyl halides is 1. The Balaban J connectivity index is 1.80. The van der Waals surface area contributed by atoms with Crippen molar-refractivity contribution in [2.75, 3.05) is 12.4 Å². The third kappa shape index (κ3) is 3.41. The number of amides is 1. The Morgan fingerprint density at radius 1 is 0.935 bits per heavy atom. The fourth-order valence-corrected chi connectivity index (χ4v) is 5.12. The zero-order valence-electron chi connectivity index (χ0n) is 16.5. The van der Waals surface area contributed by atoms with E-state index in [4.69, 9.17) is 34.8 Å². The molecule has 0 saturated heterocycles. The highest BCUT2D eigenvalue weighted by Crippen LogP contribution is 2.46. The van der Waals surface area contributed by atoms with Gasteiger partial charge in [-0.15, -0.1) is 11.6 Å².